The van der Waals surface area contributed by atoms with Gasteiger partial charge in [-0.3, -0.25) is 0 Å². The fraction of sp³-hybridized carbons (Fsp3) is 0.200. The number of alkyl halides is 6. The Bertz CT molecular complexity index is 1070. The largest absolute Gasteiger partial charge is 0.493 e. The second-order valence-corrected chi connectivity index (χ2v) is 7.03. The Morgan fingerprint density at radius 3 is 2.23 bits per heavy atom. The van der Waals surface area contributed by atoms with Crippen molar-refractivity contribution in [2.45, 2.75) is 19.3 Å². The summed E-state index contributed by atoms with van der Waals surface area (Å²) < 4.78 is 85.4. The number of hydrogen-bond acceptors (Lipinski definition) is 3. The lowest BCUT2D eigenvalue weighted by Crippen LogP contribution is -2.11. The van der Waals surface area contributed by atoms with Crippen molar-refractivity contribution >= 4 is 15.9 Å². The van der Waals surface area contributed by atoms with E-state index in [-0.39, 0.29) is 29.4 Å². The maximum Gasteiger partial charge on any atom is 0.433 e. The topological polar surface area (TPSA) is 35.0 Å². The molecule has 158 valence electrons. The van der Waals surface area contributed by atoms with Crippen LogP contribution in [-0.2, 0) is 12.4 Å². The van der Waals surface area contributed by atoms with E-state index >= 15 is 0 Å². The molecule has 10 heteroatoms. The highest BCUT2D eigenvalue weighted by atomic mass is 79.9. The number of rotatable bonds is 4. The number of nitrogens with zero attached hydrogens (tertiary/aromatic N) is 2. The van der Waals surface area contributed by atoms with Gasteiger partial charge in [-0.1, -0.05) is 28.1 Å². The first-order valence-electron chi connectivity index (χ1n) is 8.55. The van der Waals surface area contributed by atoms with Crippen molar-refractivity contribution in [3.05, 3.63) is 64.3 Å². The first kappa shape index (κ1) is 22.1. The Hall–Kier alpha value is -2.62. The molecule has 30 heavy (non-hydrogen) atoms. The van der Waals surface area contributed by atoms with Gasteiger partial charge in [-0.2, -0.15) is 26.3 Å². The lowest BCUT2D eigenvalue weighted by atomic mass is 10.1. The van der Waals surface area contributed by atoms with Crippen molar-refractivity contribution in [1.82, 2.24) is 9.97 Å². The van der Waals surface area contributed by atoms with Crippen molar-refractivity contribution in [1.29, 1.82) is 0 Å². The van der Waals surface area contributed by atoms with Crippen molar-refractivity contribution in [3.8, 4) is 28.4 Å². The molecule has 3 nitrogen and oxygen atoms in total. The van der Waals surface area contributed by atoms with Crippen LogP contribution in [0.4, 0.5) is 26.3 Å². The maximum absolute atomic E-state index is 13.4. The third-order valence-electron chi connectivity index (χ3n) is 3.98. The van der Waals surface area contributed by atoms with Crippen LogP contribution in [0, 0.1) is 0 Å². The van der Waals surface area contributed by atoms with Gasteiger partial charge in [-0.05, 0) is 43.3 Å². The molecule has 2 aromatic carbocycles. The monoisotopic (exact) mass is 490 g/mol. The molecular weight excluding hydrogens is 478 g/mol. The van der Waals surface area contributed by atoms with Crippen LogP contribution in [0.15, 0.2) is 53.0 Å². The summed E-state index contributed by atoms with van der Waals surface area (Å²) in [6.07, 6.45) is -9.41. The zero-order valence-electron chi connectivity index (χ0n) is 15.3. The van der Waals surface area contributed by atoms with E-state index in [4.69, 9.17) is 4.74 Å². The summed E-state index contributed by atoms with van der Waals surface area (Å²) in [5, 5.41) is 0. The first-order chi connectivity index (χ1) is 14.0. The first-order valence-corrected chi connectivity index (χ1v) is 9.35. The van der Waals surface area contributed by atoms with Gasteiger partial charge in [0.2, 0.25) is 0 Å². The molecule has 0 spiro atoms. The van der Waals surface area contributed by atoms with E-state index in [1.54, 1.807) is 19.1 Å². The van der Waals surface area contributed by atoms with E-state index in [1.165, 1.54) is 12.1 Å². The maximum atomic E-state index is 13.4. The van der Waals surface area contributed by atoms with E-state index in [0.29, 0.717) is 16.1 Å². The molecule has 0 aliphatic rings. The predicted molar refractivity (Wildman–Crippen MR) is 102 cm³/mol. The molecule has 0 radical (unpaired) electrons. The molecule has 0 N–H and O–H groups in total. The van der Waals surface area contributed by atoms with E-state index in [1.807, 2.05) is 0 Å². The van der Waals surface area contributed by atoms with Gasteiger partial charge in [0.25, 0.3) is 0 Å². The summed E-state index contributed by atoms with van der Waals surface area (Å²) in [5.74, 6) is -0.442. The smallest absolute Gasteiger partial charge is 0.433 e. The van der Waals surface area contributed by atoms with Crippen molar-refractivity contribution < 1.29 is 31.1 Å². The van der Waals surface area contributed by atoms with Gasteiger partial charge in [0.15, 0.2) is 5.82 Å². The Labute approximate surface area is 175 Å². The second-order valence-electron chi connectivity index (χ2n) is 6.11. The van der Waals surface area contributed by atoms with Crippen LogP contribution in [0.2, 0.25) is 0 Å². The van der Waals surface area contributed by atoms with Gasteiger partial charge >= 0.3 is 12.4 Å². The third kappa shape index (κ3) is 4.92. The molecule has 0 fully saturated rings. The number of benzene rings is 2. The quantitative estimate of drug-likeness (QED) is 0.369. The Kier molecular flexibility index (Phi) is 6.07. The number of aromatic nitrogens is 2. The SMILES string of the molecule is CCOc1cc(C(F)(F)F)ccc1-c1cc(C(F)(F)F)nc(-c2cccc(Br)c2)n1. The Balaban J connectivity index is 2.23. The van der Waals surface area contributed by atoms with Gasteiger partial charge < -0.3 is 4.74 Å². The summed E-state index contributed by atoms with van der Waals surface area (Å²) in [6.45, 7) is 1.57. The van der Waals surface area contributed by atoms with E-state index in [2.05, 4.69) is 25.9 Å². The summed E-state index contributed by atoms with van der Waals surface area (Å²) in [6, 6.07) is 9.59. The molecule has 0 saturated carbocycles. The average Bonchev–Trinajstić information content (AvgIpc) is 2.66. The molecule has 0 unspecified atom stereocenters. The summed E-state index contributed by atoms with van der Waals surface area (Å²) >= 11 is 3.24. The molecular formula is C20H13BrF6N2O. The van der Waals surface area contributed by atoms with Crippen molar-refractivity contribution in [2.24, 2.45) is 0 Å². The van der Waals surface area contributed by atoms with Crippen molar-refractivity contribution in [2.75, 3.05) is 6.61 Å². The molecule has 1 aromatic heterocycles. The standard InChI is InChI=1S/C20H13BrF6N2O/c1-2-30-16-9-12(19(22,23)24)6-7-14(16)15-10-17(20(25,26)27)29-18(28-15)11-4-3-5-13(21)8-11/h3-10H,2H2,1H3. The molecule has 3 aromatic rings. The van der Waals surface area contributed by atoms with Crippen molar-refractivity contribution in [3.63, 3.8) is 0 Å². The molecule has 0 amide bonds. The van der Waals surface area contributed by atoms with E-state index in [0.717, 1.165) is 18.2 Å². The van der Waals surface area contributed by atoms with Gasteiger partial charge in [-0.25, -0.2) is 9.97 Å². The number of hydrogen-bond donors (Lipinski definition) is 0. The lowest BCUT2D eigenvalue weighted by molar-refractivity contribution is -0.141. The van der Waals surface area contributed by atoms with Crippen LogP contribution in [0.1, 0.15) is 18.2 Å². The minimum absolute atomic E-state index is 0.00556. The number of halogens is 7. The molecule has 0 atom stereocenters. The highest BCUT2D eigenvalue weighted by Crippen LogP contribution is 2.39. The van der Waals surface area contributed by atoms with Crippen LogP contribution in [0.25, 0.3) is 22.6 Å². The molecule has 0 saturated heterocycles. The van der Waals surface area contributed by atoms with Gasteiger partial charge in [0.1, 0.15) is 11.4 Å². The van der Waals surface area contributed by atoms with Gasteiger partial charge in [0.05, 0.1) is 17.9 Å². The molecule has 1 heterocycles. The minimum atomic E-state index is -4.78. The van der Waals surface area contributed by atoms with E-state index in [9.17, 15) is 26.3 Å². The van der Waals surface area contributed by atoms with Crippen LogP contribution in [0.5, 0.6) is 5.75 Å². The summed E-state index contributed by atoms with van der Waals surface area (Å²) in [7, 11) is 0. The minimum Gasteiger partial charge on any atom is -0.493 e. The molecule has 0 aliphatic carbocycles. The second kappa shape index (κ2) is 8.25. The molecule has 0 bridgehead atoms. The molecule has 3 rings (SSSR count). The highest BCUT2D eigenvalue weighted by molar-refractivity contribution is 9.10. The zero-order valence-corrected chi connectivity index (χ0v) is 16.9. The van der Waals surface area contributed by atoms with Crippen LogP contribution in [-0.4, -0.2) is 16.6 Å². The Morgan fingerprint density at radius 1 is 0.900 bits per heavy atom. The van der Waals surface area contributed by atoms with Gasteiger partial charge in [-0.15, -0.1) is 0 Å². The van der Waals surface area contributed by atoms with Crippen LogP contribution in [0.3, 0.4) is 0 Å². The fourth-order valence-corrected chi connectivity index (χ4v) is 3.07. The van der Waals surface area contributed by atoms with Crippen LogP contribution < -0.4 is 4.74 Å². The zero-order chi connectivity index (χ0) is 22.1. The normalized spacial score (nSPS) is 12.1. The predicted octanol–water partition coefficient (Wildman–Crippen LogP) is 7.01. The third-order valence-corrected chi connectivity index (χ3v) is 4.48. The average molecular weight is 491 g/mol. The lowest BCUT2D eigenvalue weighted by Gasteiger charge is -2.15. The van der Waals surface area contributed by atoms with E-state index < -0.39 is 23.6 Å². The summed E-state index contributed by atoms with van der Waals surface area (Å²) in [5.41, 5.74) is -2.10. The van der Waals surface area contributed by atoms with Crippen LogP contribution >= 0.6 is 15.9 Å². The highest BCUT2D eigenvalue weighted by Gasteiger charge is 2.35. The van der Waals surface area contributed by atoms with Gasteiger partial charge in [0, 0.05) is 15.6 Å². The summed E-state index contributed by atoms with van der Waals surface area (Å²) in [4.78, 5) is 7.77. The number of ether oxygens (including phenoxy) is 1. The molecule has 0 aliphatic heterocycles. The fourth-order valence-electron chi connectivity index (χ4n) is 2.67. The Morgan fingerprint density at radius 2 is 1.63 bits per heavy atom.